The van der Waals surface area contributed by atoms with E-state index in [-0.39, 0.29) is 17.7 Å². The minimum atomic E-state index is -0.0882. The normalized spacial score (nSPS) is 18.9. The van der Waals surface area contributed by atoms with Crippen LogP contribution in [-0.4, -0.2) is 63.9 Å². The number of anilines is 1. The molecule has 2 fully saturated rings. The van der Waals surface area contributed by atoms with Crippen LogP contribution in [0.5, 0.6) is 0 Å². The highest BCUT2D eigenvalue weighted by molar-refractivity contribution is 5.92. The molecule has 1 atom stereocenters. The molecule has 2 aliphatic rings. The summed E-state index contributed by atoms with van der Waals surface area (Å²) in [4.78, 5) is 37.2. The number of carbonyl (C=O) groups excluding carboxylic acids is 2. The van der Waals surface area contributed by atoms with Crippen molar-refractivity contribution in [1.29, 1.82) is 0 Å². The van der Waals surface area contributed by atoms with Gasteiger partial charge in [0.1, 0.15) is 17.4 Å². The van der Waals surface area contributed by atoms with E-state index in [4.69, 9.17) is 9.51 Å². The summed E-state index contributed by atoms with van der Waals surface area (Å²) < 4.78 is 5.36. The van der Waals surface area contributed by atoms with Crippen LogP contribution in [0.3, 0.4) is 0 Å². The van der Waals surface area contributed by atoms with Gasteiger partial charge in [-0.3, -0.25) is 9.59 Å². The molecule has 9 nitrogen and oxygen atoms in total. The Labute approximate surface area is 175 Å². The lowest BCUT2D eigenvalue weighted by atomic mass is 9.94. The number of amides is 2. The van der Waals surface area contributed by atoms with Gasteiger partial charge in [-0.15, -0.1) is 0 Å². The summed E-state index contributed by atoms with van der Waals surface area (Å²) in [5.41, 5.74) is 1.28. The van der Waals surface area contributed by atoms with E-state index < -0.39 is 0 Å². The number of likely N-dealkylation sites (tertiary alicyclic amines) is 1. The van der Waals surface area contributed by atoms with E-state index in [1.807, 2.05) is 18.0 Å². The molecule has 1 unspecified atom stereocenters. The van der Waals surface area contributed by atoms with Crippen molar-refractivity contribution in [2.75, 3.05) is 32.5 Å². The van der Waals surface area contributed by atoms with Crippen molar-refractivity contribution in [2.24, 2.45) is 0 Å². The predicted octanol–water partition coefficient (Wildman–Crippen LogP) is 2.38. The van der Waals surface area contributed by atoms with Gasteiger partial charge in [0.05, 0.1) is 12.2 Å². The van der Waals surface area contributed by atoms with Gasteiger partial charge in [-0.25, -0.2) is 9.97 Å². The third-order valence-electron chi connectivity index (χ3n) is 5.82. The first-order valence-corrected chi connectivity index (χ1v) is 10.5. The van der Waals surface area contributed by atoms with Gasteiger partial charge in [0.15, 0.2) is 5.69 Å². The SMILES string of the molecule is CNc1cc(C2CCCN(C(=O)c3cc(C4CC4)on3)C2)nc(CN(C)C(C)=O)n1. The van der Waals surface area contributed by atoms with Crippen LogP contribution in [0.15, 0.2) is 16.7 Å². The Morgan fingerprint density at radius 3 is 2.73 bits per heavy atom. The molecule has 1 saturated carbocycles. The van der Waals surface area contributed by atoms with E-state index in [1.54, 1.807) is 18.0 Å². The van der Waals surface area contributed by atoms with Gasteiger partial charge < -0.3 is 19.6 Å². The molecule has 1 aliphatic carbocycles. The zero-order valence-corrected chi connectivity index (χ0v) is 17.7. The third kappa shape index (κ3) is 4.44. The van der Waals surface area contributed by atoms with Crippen LogP contribution in [0.2, 0.25) is 0 Å². The Morgan fingerprint density at radius 1 is 1.23 bits per heavy atom. The number of piperidine rings is 1. The molecular formula is C21H28N6O3. The second kappa shape index (κ2) is 8.41. The lowest BCUT2D eigenvalue weighted by Gasteiger charge is -2.32. The molecule has 0 bridgehead atoms. The number of hydrogen-bond acceptors (Lipinski definition) is 7. The zero-order chi connectivity index (χ0) is 21.3. The average Bonchev–Trinajstić information content (AvgIpc) is 3.49. The van der Waals surface area contributed by atoms with E-state index in [9.17, 15) is 9.59 Å². The molecule has 2 aromatic heterocycles. The number of rotatable bonds is 6. The van der Waals surface area contributed by atoms with Crippen molar-refractivity contribution in [3.8, 4) is 0 Å². The summed E-state index contributed by atoms with van der Waals surface area (Å²) in [5, 5.41) is 7.07. The molecule has 0 aromatic carbocycles. The fraction of sp³-hybridized carbons (Fsp3) is 0.571. The summed E-state index contributed by atoms with van der Waals surface area (Å²) in [6.45, 7) is 3.14. The predicted molar refractivity (Wildman–Crippen MR) is 110 cm³/mol. The van der Waals surface area contributed by atoms with Crippen molar-refractivity contribution >= 4 is 17.6 Å². The van der Waals surface area contributed by atoms with E-state index >= 15 is 0 Å². The van der Waals surface area contributed by atoms with E-state index in [0.29, 0.717) is 42.9 Å². The zero-order valence-electron chi connectivity index (χ0n) is 17.7. The maximum atomic E-state index is 13.0. The Bertz CT molecular complexity index is 939. The Balaban J connectivity index is 1.50. The fourth-order valence-electron chi connectivity index (χ4n) is 3.76. The molecule has 0 radical (unpaired) electrons. The molecule has 4 rings (SSSR count). The molecule has 2 amide bonds. The second-order valence-electron chi connectivity index (χ2n) is 8.20. The highest BCUT2D eigenvalue weighted by Gasteiger charge is 2.32. The second-order valence-corrected chi connectivity index (χ2v) is 8.20. The maximum absolute atomic E-state index is 13.0. The van der Waals surface area contributed by atoms with E-state index in [1.165, 1.54) is 6.92 Å². The van der Waals surface area contributed by atoms with Gasteiger partial charge in [-0.1, -0.05) is 5.16 Å². The molecule has 1 saturated heterocycles. The smallest absolute Gasteiger partial charge is 0.276 e. The first-order valence-electron chi connectivity index (χ1n) is 10.5. The van der Waals surface area contributed by atoms with Gasteiger partial charge in [0.2, 0.25) is 5.91 Å². The fourth-order valence-corrected chi connectivity index (χ4v) is 3.76. The van der Waals surface area contributed by atoms with Crippen LogP contribution in [0.25, 0.3) is 0 Å². The van der Waals surface area contributed by atoms with Crippen LogP contribution >= 0.6 is 0 Å². The van der Waals surface area contributed by atoms with Crippen molar-refractivity contribution in [3.05, 3.63) is 35.1 Å². The lowest BCUT2D eigenvalue weighted by molar-refractivity contribution is -0.128. The number of hydrogen-bond donors (Lipinski definition) is 1. The molecule has 2 aromatic rings. The van der Waals surface area contributed by atoms with Crippen LogP contribution in [0.1, 0.15) is 72.2 Å². The largest absolute Gasteiger partial charge is 0.373 e. The summed E-state index contributed by atoms with van der Waals surface area (Å²) >= 11 is 0. The highest BCUT2D eigenvalue weighted by Crippen LogP contribution is 2.40. The molecule has 0 spiro atoms. The molecule has 30 heavy (non-hydrogen) atoms. The first kappa shape index (κ1) is 20.3. The van der Waals surface area contributed by atoms with Gasteiger partial charge >= 0.3 is 0 Å². The molecule has 160 valence electrons. The van der Waals surface area contributed by atoms with Crippen LogP contribution in [-0.2, 0) is 11.3 Å². The van der Waals surface area contributed by atoms with Gasteiger partial charge in [0, 0.05) is 58.1 Å². The molecule has 9 heteroatoms. The van der Waals surface area contributed by atoms with Gasteiger partial charge in [-0.2, -0.15) is 0 Å². The first-order chi connectivity index (χ1) is 14.4. The molecule has 1 aliphatic heterocycles. The van der Waals surface area contributed by atoms with Crippen molar-refractivity contribution < 1.29 is 14.1 Å². The summed E-state index contributed by atoms with van der Waals surface area (Å²) in [5.74, 6) is 2.53. The summed E-state index contributed by atoms with van der Waals surface area (Å²) in [6, 6.07) is 3.72. The number of nitrogens with one attached hydrogen (secondary N) is 1. The van der Waals surface area contributed by atoms with Gasteiger partial charge in [0.25, 0.3) is 5.91 Å². The number of carbonyl (C=O) groups is 2. The summed E-state index contributed by atoms with van der Waals surface area (Å²) in [7, 11) is 3.54. The minimum absolute atomic E-state index is 0.0392. The lowest BCUT2D eigenvalue weighted by Crippen LogP contribution is -2.39. The standard InChI is InChI=1S/C21H28N6O3/c1-13(28)26(3)12-20-23-16(10-19(22-2)24-20)15-5-4-8-27(11-15)21(29)17-9-18(30-25-17)14-6-7-14/h9-10,14-15H,4-8,11-12H2,1-3H3,(H,22,23,24). The Kier molecular flexibility index (Phi) is 5.69. The minimum Gasteiger partial charge on any atom is -0.373 e. The third-order valence-corrected chi connectivity index (χ3v) is 5.82. The van der Waals surface area contributed by atoms with E-state index in [0.717, 1.165) is 37.1 Å². The van der Waals surface area contributed by atoms with Crippen molar-refractivity contribution in [3.63, 3.8) is 0 Å². The number of nitrogens with zero attached hydrogens (tertiary/aromatic N) is 5. The monoisotopic (exact) mass is 412 g/mol. The van der Waals surface area contributed by atoms with Crippen molar-refractivity contribution in [2.45, 2.75) is 51.0 Å². The topological polar surface area (TPSA) is 104 Å². The summed E-state index contributed by atoms with van der Waals surface area (Å²) in [6.07, 6.45) is 4.05. The number of aromatic nitrogens is 3. The maximum Gasteiger partial charge on any atom is 0.276 e. The molecule has 3 heterocycles. The molecular weight excluding hydrogens is 384 g/mol. The highest BCUT2D eigenvalue weighted by atomic mass is 16.5. The molecule has 1 N–H and O–H groups in total. The van der Waals surface area contributed by atoms with Crippen LogP contribution < -0.4 is 5.32 Å². The average molecular weight is 412 g/mol. The Morgan fingerprint density at radius 2 is 2.03 bits per heavy atom. The van der Waals surface area contributed by atoms with Crippen molar-refractivity contribution in [1.82, 2.24) is 24.9 Å². The van der Waals surface area contributed by atoms with Crippen LogP contribution in [0.4, 0.5) is 5.82 Å². The Hall–Kier alpha value is -2.97. The van der Waals surface area contributed by atoms with Gasteiger partial charge in [-0.05, 0) is 25.7 Å². The van der Waals surface area contributed by atoms with E-state index in [2.05, 4.69) is 15.5 Å². The quantitative estimate of drug-likeness (QED) is 0.777. The van der Waals surface area contributed by atoms with Crippen LogP contribution in [0, 0.1) is 0 Å².